The second kappa shape index (κ2) is 13.2. The van der Waals surface area contributed by atoms with Crippen molar-refractivity contribution in [2.45, 2.75) is 6.92 Å². The average molecular weight is 382 g/mol. The van der Waals surface area contributed by atoms with Crippen LogP contribution in [-0.4, -0.2) is 26.7 Å². The number of nitrogens with zero attached hydrogens (tertiary/aromatic N) is 4. The molecular formula is C24H22N4O. The number of aldehydes is 1. The van der Waals surface area contributed by atoms with Crippen molar-refractivity contribution in [2.24, 2.45) is 0 Å². The zero-order valence-corrected chi connectivity index (χ0v) is 16.2. The molecule has 0 aliphatic heterocycles. The molecule has 2 aromatic carbocycles. The maximum atomic E-state index is 10.0. The Labute approximate surface area is 170 Å². The molecule has 29 heavy (non-hydrogen) atoms. The van der Waals surface area contributed by atoms with Crippen molar-refractivity contribution in [1.82, 2.24) is 20.4 Å². The lowest BCUT2D eigenvalue weighted by Gasteiger charge is -1.91. The first-order valence-electron chi connectivity index (χ1n) is 9.01. The molecule has 0 radical (unpaired) electrons. The van der Waals surface area contributed by atoms with Crippen molar-refractivity contribution >= 4 is 18.4 Å². The molecule has 0 aliphatic rings. The van der Waals surface area contributed by atoms with Gasteiger partial charge in [-0.05, 0) is 35.7 Å². The minimum absolute atomic E-state index is 0.729. The maximum absolute atomic E-state index is 10.0. The van der Waals surface area contributed by atoms with E-state index >= 15 is 0 Å². The normalized spacial score (nSPS) is 9.55. The monoisotopic (exact) mass is 382 g/mol. The number of hydrogen-bond acceptors (Lipinski definition) is 5. The summed E-state index contributed by atoms with van der Waals surface area (Å²) in [5, 5.41) is 14.7. The molecule has 144 valence electrons. The molecule has 5 nitrogen and oxygen atoms in total. The molecule has 0 saturated heterocycles. The minimum Gasteiger partial charge on any atom is -0.298 e. The molecule has 4 aromatic rings. The standard InChI is InChI=1S/C12H10N2.C7H6O.C5H6N2/c1-2-4-11(5-3-1)6-7-12-8-9-13-14-10-12;8-6-7-4-2-1-3-5-7;1-5-2-3-6-7-4-5/h1-10H;1-6H;2-4H,1H3. The lowest BCUT2D eigenvalue weighted by molar-refractivity contribution is 0.112. The fraction of sp³-hybridized carbons (Fsp3) is 0.0417. The fourth-order valence-corrected chi connectivity index (χ4v) is 2.04. The van der Waals surface area contributed by atoms with E-state index in [2.05, 4.69) is 38.6 Å². The summed E-state index contributed by atoms with van der Waals surface area (Å²) in [6, 6.07) is 23.1. The number of carbonyl (C=O) groups excluding carboxylic acids is 1. The van der Waals surface area contributed by atoms with Crippen molar-refractivity contribution in [2.75, 3.05) is 0 Å². The van der Waals surface area contributed by atoms with Gasteiger partial charge in [-0.3, -0.25) is 4.79 Å². The molecule has 0 saturated carbocycles. The van der Waals surface area contributed by atoms with Crippen LogP contribution in [0.15, 0.2) is 97.6 Å². The number of carbonyl (C=O) groups is 1. The molecule has 0 N–H and O–H groups in total. The van der Waals surface area contributed by atoms with Gasteiger partial charge in [-0.15, -0.1) is 0 Å². The van der Waals surface area contributed by atoms with Crippen molar-refractivity contribution in [3.63, 3.8) is 0 Å². The Morgan fingerprint density at radius 1 is 0.586 bits per heavy atom. The Kier molecular flexibility index (Phi) is 9.71. The van der Waals surface area contributed by atoms with Gasteiger partial charge < -0.3 is 0 Å². The highest BCUT2D eigenvalue weighted by atomic mass is 16.1. The molecule has 0 unspecified atom stereocenters. The third-order valence-electron chi connectivity index (χ3n) is 3.54. The zero-order chi connectivity index (χ0) is 20.6. The van der Waals surface area contributed by atoms with E-state index in [1.807, 2.05) is 61.5 Å². The summed E-state index contributed by atoms with van der Waals surface area (Å²) in [7, 11) is 0. The van der Waals surface area contributed by atoms with Crippen molar-refractivity contribution in [1.29, 1.82) is 0 Å². The van der Waals surface area contributed by atoms with Crippen molar-refractivity contribution < 1.29 is 4.79 Å². The number of benzene rings is 2. The van der Waals surface area contributed by atoms with Gasteiger partial charge in [-0.25, -0.2) is 0 Å². The average Bonchev–Trinajstić information content (AvgIpc) is 2.81. The van der Waals surface area contributed by atoms with E-state index in [4.69, 9.17) is 0 Å². The highest BCUT2D eigenvalue weighted by Gasteiger charge is 1.85. The molecule has 2 heterocycles. The predicted octanol–water partition coefficient (Wildman–Crippen LogP) is 4.93. The van der Waals surface area contributed by atoms with Gasteiger partial charge in [0.2, 0.25) is 0 Å². The summed E-state index contributed by atoms with van der Waals surface area (Å²) >= 11 is 0. The van der Waals surface area contributed by atoms with Gasteiger partial charge in [0.15, 0.2) is 0 Å². The highest BCUT2D eigenvalue weighted by Crippen LogP contribution is 2.05. The topological polar surface area (TPSA) is 68.6 Å². The van der Waals surface area contributed by atoms with E-state index in [1.165, 1.54) is 5.56 Å². The Hall–Kier alpha value is -3.99. The van der Waals surface area contributed by atoms with Crippen molar-refractivity contribution in [3.05, 3.63) is 120 Å². The third-order valence-corrected chi connectivity index (χ3v) is 3.54. The van der Waals surface area contributed by atoms with E-state index < -0.39 is 0 Å². The predicted molar refractivity (Wildman–Crippen MR) is 116 cm³/mol. The lowest BCUT2D eigenvalue weighted by atomic mass is 10.2. The molecule has 0 bridgehead atoms. The van der Waals surface area contributed by atoms with E-state index in [9.17, 15) is 4.79 Å². The Balaban J connectivity index is 0.000000170. The van der Waals surface area contributed by atoms with Crippen LogP contribution >= 0.6 is 0 Å². The molecular weight excluding hydrogens is 360 g/mol. The van der Waals surface area contributed by atoms with E-state index in [-0.39, 0.29) is 0 Å². The van der Waals surface area contributed by atoms with Gasteiger partial charge >= 0.3 is 0 Å². The number of hydrogen-bond donors (Lipinski definition) is 0. The molecule has 0 fully saturated rings. The molecule has 5 heteroatoms. The van der Waals surface area contributed by atoms with Crippen LogP contribution in [0.3, 0.4) is 0 Å². The van der Waals surface area contributed by atoms with Crippen LogP contribution < -0.4 is 0 Å². The van der Waals surface area contributed by atoms with Gasteiger partial charge in [-0.2, -0.15) is 20.4 Å². The Morgan fingerprint density at radius 3 is 1.55 bits per heavy atom. The van der Waals surface area contributed by atoms with Crippen LogP contribution in [-0.2, 0) is 0 Å². The Bertz CT molecular complexity index is 919. The SMILES string of the molecule is C(=Cc1ccnnc1)c1ccccc1.Cc1ccnnc1.O=Cc1ccccc1. The van der Waals surface area contributed by atoms with Crippen LogP contribution in [0.1, 0.15) is 27.0 Å². The van der Waals surface area contributed by atoms with Crippen LogP contribution in [0, 0.1) is 6.92 Å². The van der Waals surface area contributed by atoms with Gasteiger partial charge in [-0.1, -0.05) is 72.8 Å². The number of rotatable bonds is 3. The number of aryl methyl sites for hydroxylation is 1. The minimum atomic E-state index is 0.729. The maximum Gasteiger partial charge on any atom is 0.150 e. The van der Waals surface area contributed by atoms with Crippen molar-refractivity contribution in [3.8, 4) is 0 Å². The van der Waals surface area contributed by atoms with Crippen LogP contribution in [0.2, 0.25) is 0 Å². The van der Waals surface area contributed by atoms with Gasteiger partial charge in [0, 0.05) is 11.8 Å². The summed E-state index contributed by atoms with van der Waals surface area (Å²) in [5.74, 6) is 0. The second-order valence-corrected chi connectivity index (χ2v) is 5.87. The smallest absolute Gasteiger partial charge is 0.150 e. The molecule has 4 rings (SSSR count). The van der Waals surface area contributed by atoms with E-state index in [0.29, 0.717) is 0 Å². The second-order valence-electron chi connectivity index (χ2n) is 5.87. The molecule has 0 atom stereocenters. The van der Waals surface area contributed by atoms with Crippen LogP contribution in [0.25, 0.3) is 12.2 Å². The van der Waals surface area contributed by atoms with Gasteiger partial charge in [0.25, 0.3) is 0 Å². The lowest BCUT2D eigenvalue weighted by Crippen LogP contribution is -1.78. The molecule has 0 aliphatic carbocycles. The van der Waals surface area contributed by atoms with Gasteiger partial charge in [0.1, 0.15) is 6.29 Å². The summed E-state index contributed by atoms with van der Waals surface area (Å²) < 4.78 is 0. The fourth-order valence-electron chi connectivity index (χ4n) is 2.04. The molecule has 0 spiro atoms. The zero-order valence-electron chi connectivity index (χ0n) is 16.2. The third kappa shape index (κ3) is 9.49. The summed E-state index contributed by atoms with van der Waals surface area (Å²) in [5.41, 5.74) is 4.12. The molecule has 2 aromatic heterocycles. The first-order chi connectivity index (χ1) is 14.3. The van der Waals surface area contributed by atoms with E-state index in [1.54, 1.807) is 36.9 Å². The largest absolute Gasteiger partial charge is 0.298 e. The Morgan fingerprint density at radius 2 is 1.14 bits per heavy atom. The summed E-state index contributed by atoms with van der Waals surface area (Å²) in [6.45, 7) is 1.98. The van der Waals surface area contributed by atoms with Crippen LogP contribution in [0.5, 0.6) is 0 Å². The first-order valence-corrected chi connectivity index (χ1v) is 9.01. The summed E-state index contributed by atoms with van der Waals surface area (Å²) in [4.78, 5) is 10.0. The molecule has 0 amide bonds. The number of aromatic nitrogens is 4. The first kappa shape index (κ1) is 21.3. The van der Waals surface area contributed by atoms with Gasteiger partial charge in [0.05, 0.1) is 18.6 Å². The van der Waals surface area contributed by atoms with Crippen LogP contribution in [0.4, 0.5) is 0 Å². The highest BCUT2D eigenvalue weighted by molar-refractivity contribution is 5.74. The summed E-state index contributed by atoms with van der Waals surface area (Å²) in [6.07, 6.45) is 11.7. The van der Waals surface area contributed by atoms with E-state index in [0.717, 1.165) is 23.0 Å². The quantitative estimate of drug-likeness (QED) is 0.470.